The fraction of sp³-hybridized carbons (Fsp3) is 0.300. The van der Waals surface area contributed by atoms with E-state index in [1.54, 1.807) is 12.1 Å². The molecule has 2 amide bonds. The highest BCUT2D eigenvalue weighted by Gasteiger charge is 2.43. The molecule has 4 rings (SSSR count). The van der Waals surface area contributed by atoms with Gasteiger partial charge in [0.15, 0.2) is 5.84 Å². The molecule has 1 aliphatic heterocycles. The Morgan fingerprint density at radius 2 is 1.72 bits per heavy atom. The van der Waals surface area contributed by atoms with E-state index in [1.807, 2.05) is 6.07 Å². The Morgan fingerprint density at radius 1 is 1.09 bits per heavy atom. The average molecular weight is 648 g/mol. The van der Waals surface area contributed by atoms with Crippen molar-refractivity contribution in [1.29, 1.82) is 5.26 Å². The summed E-state index contributed by atoms with van der Waals surface area (Å²) in [5.41, 5.74) is -1.59. The van der Waals surface area contributed by atoms with Crippen molar-refractivity contribution in [3.05, 3.63) is 94.3 Å². The predicted molar refractivity (Wildman–Crippen MR) is 156 cm³/mol. The van der Waals surface area contributed by atoms with Crippen LogP contribution in [-0.2, 0) is 11.0 Å². The number of hydrogen-bond donors (Lipinski definition) is 1. The first-order chi connectivity index (χ1) is 21.6. The zero-order chi connectivity index (χ0) is 34.0. The number of likely N-dealkylation sites (tertiary alicyclic amines) is 1. The number of aliphatic imine (C=N–C) groups is 1. The van der Waals surface area contributed by atoms with Gasteiger partial charge in [0.2, 0.25) is 0 Å². The Hall–Kier alpha value is -5.33. The fourth-order valence-corrected chi connectivity index (χ4v) is 5.17. The van der Waals surface area contributed by atoms with Crippen LogP contribution in [0.4, 0.5) is 36.8 Å². The number of piperidine rings is 1. The molecule has 1 aliphatic rings. The monoisotopic (exact) mass is 647 g/mol. The number of nitrogens with one attached hydrogen (secondary N) is 1. The molecule has 1 aromatic heterocycles. The zero-order valence-electron chi connectivity index (χ0n) is 24.5. The topological polar surface area (TPSA) is 116 Å². The summed E-state index contributed by atoms with van der Waals surface area (Å²) in [4.78, 5) is 45.6. The number of rotatable bonds is 5. The van der Waals surface area contributed by atoms with Crippen LogP contribution in [0.15, 0.2) is 71.1 Å². The van der Waals surface area contributed by atoms with E-state index >= 15 is 0 Å². The van der Waals surface area contributed by atoms with Crippen molar-refractivity contribution in [2.45, 2.75) is 38.2 Å². The summed E-state index contributed by atoms with van der Waals surface area (Å²) in [6.45, 7) is 4.58. The Labute approximate surface area is 258 Å². The Balaban J connectivity index is 1.81. The van der Waals surface area contributed by atoms with E-state index < -0.39 is 41.6 Å². The SMILES string of the molecule is C=CN(/C(=N/C)c1c(C)n(-c2cccc(C(F)(F)F)c2)c(=O)n1C(=O)NC1CCN(C(=O)C(F)(F)F)CC1)c1ccc(C#N)cc1. The van der Waals surface area contributed by atoms with Crippen LogP contribution in [0.25, 0.3) is 5.69 Å². The van der Waals surface area contributed by atoms with Gasteiger partial charge in [-0.2, -0.15) is 31.6 Å². The van der Waals surface area contributed by atoms with Gasteiger partial charge in [0.05, 0.1) is 28.6 Å². The number of anilines is 1. The lowest BCUT2D eigenvalue weighted by Gasteiger charge is -2.32. The molecular formula is C30H27F6N7O3. The maximum atomic E-state index is 13.9. The third-order valence-electron chi connectivity index (χ3n) is 7.38. The van der Waals surface area contributed by atoms with Crippen molar-refractivity contribution in [3.8, 4) is 11.8 Å². The van der Waals surface area contributed by atoms with Gasteiger partial charge in [-0.25, -0.2) is 14.2 Å². The van der Waals surface area contributed by atoms with Crippen LogP contribution >= 0.6 is 0 Å². The number of carbonyl (C=O) groups is 2. The van der Waals surface area contributed by atoms with Gasteiger partial charge in [0.25, 0.3) is 0 Å². The standard InChI is InChI=1S/C30H27F6N7O3/c1-4-41(22-10-8-19(17-37)9-11-22)25(38-3)24-18(2)42(23-7-5-6-20(16-23)29(31,32)33)28(46)43(24)27(45)39-21-12-14-40(15-13-21)26(44)30(34,35)36/h4-11,16,21H,1,12-15H2,2-3H3,(H,39,45)/b38-25+. The minimum atomic E-state index is -5.05. The molecular weight excluding hydrogens is 620 g/mol. The number of benzene rings is 2. The van der Waals surface area contributed by atoms with Gasteiger partial charge in [0, 0.05) is 38.1 Å². The smallest absolute Gasteiger partial charge is 0.335 e. The van der Waals surface area contributed by atoms with Crippen LogP contribution in [0, 0.1) is 18.3 Å². The van der Waals surface area contributed by atoms with E-state index in [0.717, 1.165) is 22.8 Å². The number of nitriles is 1. The van der Waals surface area contributed by atoms with E-state index in [9.17, 15) is 46.0 Å². The quantitative estimate of drug-likeness (QED) is 0.239. The molecule has 0 aliphatic carbocycles. The Bertz CT molecular complexity index is 1770. The second-order valence-electron chi connectivity index (χ2n) is 10.2. The number of halogens is 6. The van der Waals surface area contributed by atoms with Crippen molar-refractivity contribution >= 4 is 23.5 Å². The molecule has 0 bridgehead atoms. The number of aromatic nitrogens is 2. The van der Waals surface area contributed by atoms with Crippen LogP contribution in [-0.4, -0.2) is 64.2 Å². The molecule has 2 aromatic carbocycles. The lowest BCUT2D eigenvalue weighted by atomic mass is 10.1. The Kier molecular flexibility index (Phi) is 9.45. The first-order valence-electron chi connectivity index (χ1n) is 13.7. The minimum Gasteiger partial charge on any atom is -0.335 e. The van der Waals surface area contributed by atoms with E-state index in [1.165, 1.54) is 43.3 Å². The van der Waals surface area contributed by atoms with Crippen LogP contribution in [0.1, 0.15) is 35.4 Å². The number of amides is 2. The zero-order valence-corrected chi connectivity index (χ0v) is 24.5. The second kappa shape index (κ2) is 13.0. The first-order valence-corrected chi connectivity index (χ1v) is 13.7. The van der Waals surface area contributed by atoms with Gasteiger partial charge in [-0.1, -0.05) is 12.6 Å². The molecule has 3 aromatic rings. The first kappa shape index (κ1) is 33.6. The van der Waals surface area contributed by atoms with Crippen molar-refractivity contribution in [1.82, 2.24) is 19.4 Å². The van der Waals surface area contributed by atoms with Crippen LogP contribution in [0.2, 0.25) is 0 Å². The molecule has 0 spiro atoms. The Morgan fingerprint density at radius 3 is 2.24 bits per heavy atom. The van der Waals surface area contributed by atoms with E-state index in [2.05, 4.69) is 16.9 Å². The number of alkyl halides is 6. The van der Waals surface area contributed by atoms with Crippen molar-refractivity contribution in [2.75, 3.05) is 25.0 Å². The van der Waals surface area contributed by atoms with Gasteiger partial charge < -0.3 is 15.1 Å². The third-order valence-corrected chi connectivity index (χ3v) is 7.38. The lowest BCUT2D eigenvalue weighted by molar-refractivity contribution is -0.186. The van der Waals surface area contributed by atoms with Gasteiger partial charge in [0.1, 0.15) is 5.69 Å². The predicted octanol–water partition coefficient (Wildman–Crippen LogP) is 4.98. The number of carbonyl (C=O) groups excluding carboxylic acids is 2. The highest BCUT2D eigenvalue weighted by atomic mass is 19.4. The molecule has 16 heteroatoms. The van der Waals surface area contributed by atoms with Crippen molar-refractivity contribution < 1.29 is 35.9 Å². The number of amidine groups is 1. The number of hydrogen-bond acceptors (Lipinski definition) is 5. The van der Waals surface area contributed by atoms with Crippen molar-refractivity contribution in [3.63, 3.8) is 0 Å². The minimum absolute atomic E-state index is 0.0132. The van der Waals surface area contributed by atoms with Crippen LogP contribution in [0.3, 0.4) is 0 Å². The molecule has 1 N–H and O–H groups in total. The summed E-state index contributed by atoms with van der Waals surface area (Å²) in [7, 11) is 1.36. The summed E-state index contributed by atoms with van der Waals surface area (Å²) in [5.74, 6) is -2.01. The number of imidazole rings is 1. The molecule has 1 fully saturated rings. The maximum absolute atomic E-state index is 13.9. The molecule has 0 radical (unpaired) electrons. The molecule has 2 heterocycles. The van der Waals surface area contributed by atoms with Crippen LogP contribution in [0.5, 0.6) is 0 Å². The molecule has 1 saturated heterocycles. The second-order valence-corrected chi connectivity index (χ2v) is 10.2. The van der Waals surface area contributed by atoms with Gasteiger partial charge in [-0.15, -0.1) is 0 Å². The molecule has 0 saturated carbocycles. The van der Waals surface area contributed by atoms with E-state index in [4.69, 9.17) is 0 Å². The third kappa shape index (κ3) is 6.67. The summed E-state index contributed by atoms with van der Waals surface area (Å²) in [5, 5.41) is 11.8. The molecule has 242 valence electrons. The summed E-state index contributed by atoms with van der Waals surface area (Å²) in [6.07, 6.45) is -8.56. The summed E-state index contributed by atoms with van der Waals surface area (Å²) >= 11 is 0. The van der Waals surface area contributed by atoms with Crippen LogP contribution < -0.4 is 15.9 Å². The number of nitrogens with zero attached hydrogens (tertiary/aromatic N) is 6. The lowest BCUT2D eigenvalue weighted by Crippen LogP contribution is -2.51. The highest BCUT2D eigenvalue weighted by molar-refractivity contribution is 6.12. The highest BCUT2D eigenvalue weighted by Crippen LogP contribution is 2.31. The van der Waals surface area contributed by atoms with E-state index in [0.29, 0.717) is 20.7 Å². The maximum Gasteiger partial charge on any atom is 0.471 e. The summed E-state index contributed by atoms with van der Waals surface area (Å²) in [6, 6.07) is 10.3. The molecule has 0 atom stereocenters. The fourth-order valence-electron chi connectivity index (χ4n) is 5.17. The molecule has 0 unspecified atom stereocenters. The molecule has 46 heavy (non-hydrogen) atoms. The van der Waals surface area contributed by atoms with Gasteiger partial charge >= 0.3 is 30.0 Å². The van der Waals surface area contributed by atoms with Gasteiger partial charge in [-0.3, -0.25) is 14.4 Å². The van der Waals surface area contributed by atoms with Crippen molar-refractivity contribution in [2.24, 2.45) is 4.99 Å². The largest absolute Gasteiger partial charge is 0.471 e. The van der Waals surface area contributed by atoms with Gasteiger partial charge in [-0.05, 0) is 62.2 Å². The average Bonchev–Trinajstić information content (AvgIpc) is 3.28. The normalized spacial score (nSPS) is 14.5. The van der Waals surface area contributed by atoms with E-state index in [-0.39, 0.29) is 48.8 Å². The molecule has 10 nitrogen and oxygen atoms in total. The summed E-state index contributed by atoms with van der Waals surface area (Å²) < 4.78 is 81.0.